The van der Waals surface area contributed by atoms with E-state index in [1.54, 1.807) is 25.3 Å². The number of carbonyl (C=O) groups excluding carboxylic acids is 4. The Morgan fingerprint density at radius 1 is 0.946 bits per heavy atom. The molecule has 0 unspecified atom stereocenters. The summed E-state index contributed by atoms with van der Waals surface area (Å²) in [5.41, 5.74) is 1.95. The number of rotatable bonds is 6. The predicted molar refractivity (Wildman–Crippen MR) is 137 cm³/mol. The van der Waals surface area contributed by atoms with Gasteiger partial charge in [0.05, 0.1) is 30.2 Å². The van der Waals surface area contributed by atoms with Crippen LogP contribution in [-0.4, -0.2) is 47.7 Å². The number of methoxy groups -OCH3 is 1. The fraction of sp³-hybridized carbons (Fsp3) is 0.241. The van der Waals surface area contributed by atoms with E-state index in [0.717, 1.165) is 11.3 Å². The van der Waals surface area contributed by atoms with Crippen LogP contribution in [0.25, 0.3) is 0 Å². The van der Waals surface area contributed by atoms with Gasteiger partial charge in [-0.2, -0.15) is 0 Å². The zero-order valence-electron chi connectivity index (χ0n) is 20.8. The lowest BCUT2D eigenvalue weighted by molar-refractivity contribution is 0.0615. The Kier molecular flexibility index (Phi) is 6.03. The molecule has 0 saturated carbocycles. The van der Waals surface area contributed by atoms with Crippen molar-refractivity contribution in [3.63, 3.8) is 0 Å². The van der Waals surface area contributed by atoms with Gasteiger partial charge in [-0.05, 0) is 74.4 Å². The monoisotopic (exact) mass is 498 g/mol. The van der Waals surface area contributed by atoms with Gasteiger partial charge in [0, 0.05) is 17.8 Å². The maximum atomic E-state index is 13.0. The maximum Gasteiger partial charge on any atom is 0.261 e. The van der Waals surface area contributed by atoms with Crippen LogP contribution >= 0.6 is 0 Å². The second kappa shape index (κ2) is 9.20. The van der Waals surface area contributed by atoms with Crippen LogP contribution in [0.4, 0.5) is 5.69 Å². The van der Waals surface area contributed by atoms with Gasteiger partial charge in [-0.15, -0.1) is 0 Å². The molecule has 5 rings (SSSR count). The van der Waals surface area contributed by atoms with Crippen molar-refractivity contribution in [3.8, 4) is 11.5 Å². The zero-order chi connectivity index (χ0) is 26.3. The number of nitrogens with zero attached hydrogens (tertiary/aromatic N) is 1. The second-order valence-corrected chi connectivity index (χ2v) is 9.75. The highest BCUT2D eigenvalue weighted by Crippen LogP contribution is 2.34. The van der Waals surface area contributed by atoms with Gasteiger partial charge < -0.3 is 14.8 Å². The third-order valence-electron chi connectivity index (χ3n) is 6.53. The molecule has 8 heteroatoms. The predicted octanol–water partition coefficient (Wildman–Crippen LogP) is 4.53. The number of hydrogen-bond donors (Lipinski definition) is 1. The van der Waals surface area contributed by atoms with Crippen molar-refractivity contribution in [2.24, 2.45) is 0 Å². The molecule has 0 saturated heterocycles. The van der Waals surface area contributed by atoms with Crippen molar-refractivity contribution in [1.29, 1.82) is 0 Å². The first-order valence-electron chi connectivity index (χ1n) is 12.0. The minimum Gasteiger partial charge on any atom is -0.497 e. The summed E-state index contributed by atoms with van der Waals surface area (Å²) in [7, 11) is 1.59. The van der Waals surface area contributed by atoms with Crippen molar-refractivity contribution in [3.05, 3.63) is 88.5 Å². The molecule has 2 aliphatic heterocycles. The van der Waals surface area contributed by atoms with E-state index in [9.17, 15) is 19.2 Å². The van der Waals surface area contributed by atoms with Crippen molar-refractivity contribution < 1.29 is 28.7 Å². The van der Waals surface area contributed by atoms with E-state index >= 15 is 0 Å². The highest BCUT2D eigenvalue weighted by Gasteiger charge is 2.36. The standard InChI is InChI=1S/C29H26N2O6/c1-29(2)16-24(32)23-15-19(7-11-25(23)37-29)30-26(33)18-6-10-21-22(14-18)28(35)31(27(21)34)13-12-17-4-8-20(36-3)9-5-17/h4-11,14-15H,12-13,16H2,1-3H3,(H,30,33). The molecule has 0 bridgehead atoms. The second-order valence-electron chi connectivity index (χ2n) is 9.75. The number of Topliss-reactive ketones (excluding diaryl/α,β-unsaturated/α-hetero) is 1. The summed E-state index contributed by atoms with van der Waals surface area (Å²) in [5, 5.41) is 2.77. The average molecular weight is 499 g/mol. The van der Waals surface area contributed by atoms with Crippen LogP contribution in [0.2, 0.25) is 0 Å². The van der Waals surface area contributed by atoms with Gasteiger partial charge in [0.2, 0.25) is 0 Å². The third-order valence-corrected chi connectivity index (χ3v) is 6.53. The molecular weight excluding hydrogens is 472 g/mol. The highest BCUT2D eigenvalue weighted by molar-refractivity contribution is 6.22. The molecule has 0 atom stereocenters. The smallest absolute Gasteiger partial charge is 0.261 e. The van der Waals surface area contributed by atoms with Crippen LogP contribution in [0.3, 0.4) is 0 Å². The lowest BCUT2D eigenvalue weighted by Gasteiger charge is -2.31. The number of benzene rings is 3. The first-order chi connectivity index (χ1) is 17.6. The van der Waals surface area contributed by atoms with Crippen molar-refractivity contribution in [2.45, 2.75) is 32.3 Å². The van der Waals surface area contributed by atoms with Crippen LogP contribution in [0.15, 0.2) is 60.7 Å². The Morgan fingerprint density at radius 3 is 2.41 bits per heavy atom. The van der Waals surface area contributed by atoms with Gasteiger partial charge in [0.25, 0.3) is 17.7 Å². The summed E-state index contributed by atoms with van der Waals surface area (Å²) in [6.45, 7) is 3.93. The third kappa shape index (κ3) is 4.70. The minimum atomic E-state index is -0.578. The summed E-state index contributed by atoms with van der Waals surface area (Å²) in [6.07, 6.45) is 0.744. The first-order valence-corrected chi connectivity index (χ1v) is 12.0. The van der Waals surface area contributed by atoms with Crippen molar-refractivity contribution >= 4 is 29.2 Å². The highest BCUT2D eigenvalue weighted by atomic mass is 16.5. The van der Waals surface area contributed by atoms with Gasteiger partial charge in [-0.25, -0.2) is 0 Å². The molecule has 188 valence electrons. The Bertz CT molecular complexity index is 1440. The van der Waals surface area contributed by atoms with Gasteiger partial charge in [-0.1, -0.05) is 12.1 Å². The molecule has 1 N–H and O–H groups in total. The molecule has 0 fully saturated rings. The van der Waals surface area contributed by atoms with Gasteiger partial charge >= 0.3 is 0 Å². The summed E-state index contributed by atoms with van der Waals surface area (Å²) >= 11 is 0. The summed E-state index contributed by atoms with van der Waals surface area (Å²) in [6, 6.07) is 16.8. The largest absolute Gasteiger partial charge is 0.497 e. The fourth-order valence-electron chi connectivity index (χ4n) is 4.60. The molecular formula is C29H26N2O6. The first kappa shape index (κ1) is 24.2. The summed E-state index contributed by atoms with van der Waals surface area (Å²) < 4.78 is 11.0. The number of amides is 3. The van der Waals surface area contributed by atoms with Crippen LogP contribution in [0.1, 0.15) is 67.3 Å². The normalized spacial score (nSPS) is 15.6. The van der Waals surface area contributed by atoms with Gasteiger partial charge in [-0.3, -0.25) is 24.1 Å². The van der Waals surface area contributed by atoms with E-state index in [2.05, 4.69) is 5.32 Å². The lowest BCUT2D eigenvalue weighted by Crippen LogP contribution is -2.35. The molecule has 0 aliphatic carbocycles. The number of imide groups is 1. The number of carbonyl (C=O) groups is 4. The van der Waals surface area contributed by atoms with E-state index in [1.807, 2.05) is 38.1 Å². The van der Waals surface area contributed by atoms with Gasteiger partial charge in [0.1, 0.15) is 17.1 Å². The molecule has 37 heavy (non-hydrogen) atoms. The quantitative estimate of drug-likeness (QED) is 0.501. The van der Waals surface area contributed by atoms with E-state index < -0.39 is 17.4 Å². The topological polar surface area (TPSA) is 102 Å². The number of anilines is 1. The van der Waals surface area contributed by atoms with Crippen LogP contribution in [-0.2, 0) is 6.42 Å². The van der Waals surface area contributed by atoms with Crippen LogP contribution in [0.5, 0.6) is 11.5 Å². The summed E-state index contributed by atoms with van der Waals surface area (Å²) in [5.74, 6) is -0.105. The van der Waals surface area contributed by atoms with E-state index in [1.165, 1.54) is 23.1 Å². The summed E-state index contributed by atoms with van der Waals surface area (Å²) in [4.78, 5) is 52.6. The number of ether oxygens (including phenoxy) is 2. The molecule has 3 amide bonds. The fourth-order valence-corrected chi connectivity index (χ4v) is 4.60. The lowest BCUT2D eigenvalue weighted by atomic mass is 9.93. The molecule has 0 radical (unpaired) electrons. The molecule has 3 aromatic carbocycles. The average Bonchev–Trinajstić information content (AvgIpc) is 3.11. The molecule has 2 aliphatic rings. The maximum absolute atomic E-state index is 13.0. The zero-order valence-corrected chi connectivity index (χ0v) is 20.8. The van der Waals surface area contributed by atoms with Gasteiger partial charge in [0.15, 0.2) is 5.78 Å². The Labute approximate surface area is 214 Å². The van der Waals surface area contributed by atoms with Crippen LogP contribution < -0.4 is 14.8 Å². The number of hydrogen-bond acceptors (Lipinski definition) is 6. The van der Waals surface area contributed by atoms with Crippen LogP contribution in [0, 0.1) is 0 Å². The van der Waals surface area contributed by atoms with Crippen molar-refractivity contribution in [1.82, 2.24) is 4.90 Å². The van der Waals surface area contributed by atoms with E-state index in [-0.39, 0.29) is 41.3 Å². The Morgan fingerprint density at radius 2 is 1.68 bits per heavy atom. The Balaban J connectivity index is 1.29. The molecule has 0 aromatic heterocycles. The number of ketones is 1. The molecule has 2 heterocycles. The van der Waals surface area contributed by atoms with Crippen molar-refractivity contribution in [2.75, 3.05) is 19.0 Å². The van der Waals surface area contributed by atoms with E-state index in [0.29, 0.717) is 23.4 Å². The minimum absolute atomic E-state index is 0.0567. The molecule has 0 spiro atoms. The number of nitrogens with one attached hydrogen (secondary N) is 1. The SMILES string of the molecule is COc1ccc(CCN2C(=O)c3ccc(C(=O)Nc4ccc5c(c4)C(=O)CC(C)(C)O5)cc3C2=O)cc1. The number of fused-ring (bicyclic) bond motifs is 2. The molecule has 3 aromatic rings. The van der Waals surface area contributed by atoms with E-state index in [4.69, 9.17) is 9.47 Å². The Hall–Kier alpha value is -4.46. The molecule has 8 nitrogen and oxygen atoms in total.